The number of esters is 1. The number of imide groups is 1. The Hall–Kier alpha value is -2.67. The molecule has 1 aliphatic rings. The average molecular weight is 404 g/mol. The van der Waals surface area contributed by atoms with Crippen molar-refractivity contribution in [3.05, 3.63) is 64.1 Å². The predicted molar refractivity (Wildman–Crippen MR) is 92.4 cm³/mol. The lowest BCUT2D eigenvalue weighted by molar-refractivity contribution is -0.144. The number of fused-ring (bicyclic) bond motifs is 1. The summed E-state index contributed by atoms with van der Waals surface area (Å²) in [5.41, 5.74) is 0.609. The van der Waals surface area contributed by atoms with Gasteiger partial charge in [-0.05, 0) is 36.4 Å². The molecule has 0 saturated carbocycles. The van der Waals surface area contributed by atoms with Gasteiger partial charge in [0.05, 0.1) is 11.1 Å². The van der Waals surface area contributed by atoms with E-state index in [-0.39, 0.29) is 13.2 Å². The van der Waals surface area contributed by atoms with Crippen molar-refractivity contribution in [2.75, 3.05) is 19.8 Å². The first-order valence-corrected chi connectivity index (χ1v) is 8.35. The third kappa shape index (κ3) is 3.88. The molecule has 128 valence electrons. The van der Waals surface area contributed by atoms with Gasteiger partial charge in [0.15, 0.2) is 0 Å². The van der Waals surface area contributed by atoms with E-state index in [1.54, 1.807) is 36.4 Å². The molecule has 2 aromatic carbocycles. The lowest BCUT2D eigenvalue weighted by atomic mass is 10.1. The van der Waals surface area contributed by atoms with Crippen LogP contribution in [0.4, 0.5) is 0 Å². The summed E-state index contributed by atoms with van der Waals surface area (Å²) in [6.45, 7) is -0.210. The van der Waals surface area contributed by atoms with E-state index < -0.39 is 24.3 Å². The molecular formula is C18H14BrNO5. The Labute approximate surface area is 152 Å². The Balaban J connectivity index is 1.46. The van der Waals surface area contributed by atoms with Crippen LogP contribution in [0.5, 0.6) is 5.75 Å². The Morgan fingerprint density at radius 2 is 1.52 bits per heavy atom. The summed E-state index contributed by atoms with van der Waals surface area (Å²) in [4.78, 5) is 37.1. The van der Waals surface area contributed by atoms with Crippen molar-refractivity contribution in [1.82, 2.24) is 4.90 Å². The first-order valence-electron chi connectivity index (χ1n) is 7.55. The van der Waals surface area contributed by atoms with E-state index >= 15 is 0 Å². The van der Waals surface area contributed by atoms with Gasteiger partial charge < -0.3 is 9.47 Å². The molecule has 2 aromatic rings. The van der Waals surface area contributed by atoms with Gasteiger partial charge in [0, 0.05) is 4.47 Å². The minimum atomic E-state index is -0.658. The number of nitrogens with zero attached hydrogens (tertiary/aromatic N) is 1. The largest absolute Gasteiger partial charge is 0.490 e. The Bertz CT molecular complexity index is 783. The summed E-state index contributed by atoms with van der Waals surface area (Å²) in [7, 11) is 0. The highest BCUT2D eigenvalue weighted by Crippen LogP contribution is 2.22. The topological polar surface area (TPSA) is 72.9 Å². The predicted octanol–water partition coefficient (Wildman–Crippen LogP) is 2.67. The van der Waals surface area contributed by atoms with E-state index in [1.165, 1.54) is 0 Å². The van der Waals surface area contributed by atoms with Crippen LogP contribution in [-0.2, 0) is 9.53 Å². The maximum atomic E-state index is 12.2. The first-order chi connectivity index (χ1) is 12.1. The first kappa shape index (κ1) is 17.2. The van der Waals surface area contributed by atoms with Crippen LogP contribution in [0.3, 0.4) is 0 Å². The van der Waals surface area contributed by atoms with E-state index in [4.69, 9.17) is 9.47 Å². The molecule has 0 saturated heterocycles. The molecule has 0 bridgehead atoms. The standard InChI is InChI=1S/C18H14BrNO5/c19-12-5-7-13(8-6-12)24-9-10-25-16(21)11-20-17(22)14-3-1-2-4-15(14)18(20)23/h1-8H,9-11H2. The third-order valence-corrected chi connectivity index (χ3v) is 4.12. The molecule has 0 radical (unpaired) electrons. The highest BCUT2D eigenvalue weighted by Gasteiger charge is 2.36. The van der Waals surface area contributed by atoms with E-state index in [9.17, 15) is 14.4 Å². The molecule has 0 atom stereocenters. The number of benzene rings is 2. The SMILES string of the molecule is O=C(CN1C(=O)c2ccccc2C1=O)OCCOc1ccc(Br)cc1. The van der Waals surface area contributed by atoms with Crippen LogP contribution in [0.2, 0.25) is 0 Å². The van der Waals surface area contributed by atoms with E-state index in [0.29, 0.717) is 16.9 Å². The van der Waals surface area contributed by atoms with Gasteiger partial charge in [0.1, 0.15) is 25.5 Å². The van der Waals surface area contributed by atoms with Gasteiger partial charge in [-0.1, -0.05) is 28.1 Å². The number of carbonyl (C=O) groups is 3. The van der Waals surface area contributed by atoms with Crippen molar-refractivity contribution < 1.29 is 23.9 Å². The van der Waals surface area contributed by atoms with Crippen molar-refractivity contribution in [1.29, 1.82) is 0 Å². The van der Waals surface area contributed by atoms with Gasteiger partial charge >= 0.3 is 5.97 Å². The highest BCUT2D eigenvalue weighted by atomic mass is 79.9. The molecule has 3 rings (SSSR count). The number of hydrogen-bond donors (Lipinski definition) is 0. The van der Waals surface area contributed by atoms with Gasteiger partial charge in [-0.3, -0.25) is 19.3 Å². The number of rotatable bonds is 6. The monoisotopic (exact) mass is 403 g/mol. The molecule has 6 nitrogen and oxygen atoms in total. The molecule has 0 aliphatic carbocycles. The van der Waals surface area contributed by atoms with Crippen LogP contribution >= 0.6 is 15.9 Å². The summed E-state index contributed by atoms with van der Waals surface area (Å²) >= 11 is 3.32. The smallest absolute Gasteiger partial charge is 0.326 e. The third-order valence-electron chi connectivity index (χ3n) is 3.59. The molecule has 7 heteroatoms. The second-order valence-electron chi connectivity index (χ2n) is 5.26. The van der Waals surface area contributed by atoms with Gasteiger partial charge in [0.2, 0.25) is 0 Å². The van der Waals surface area contributed by atoms with Crippen LogP contribution in [0.15, 0.2) is 53.0 Å². The van der Waals surface area contributed by atoms with Crippen LogP contribution < -0.4 is 4.74 Å². The Morgan fingerprint density at radius 1 is 0.920 bits per heavy atom. The zero-order chi connectivity index (χ0) is 17.8. The van der Waals surface area contributed by atoms with Crippen molar-refractivity contribution in [3.8, 4) is 5.75 Å². The molecule has 0 aromatic heterocycles. The van der Waals surface area contributed by atoms with Crippen molar-refractivity contribution >= 4 is 33.7 Å². The fraction of sp³-hybridized carbons (Fsp3) is 0.167. The zero-order valence-corrected chi connectivity index (χ0v) is 14.7. The number of hydrogen-bond acceptors (Lipinski definition) is 5. The summed E-state index contributed by atoms with van der Waals surface area (Å²) in [6, 6.07) is 13.7. The Kier molecular flexibility index (Phi) is 5.14. The quantitative estimate of drug-likeness (QED) is 0.421. The van der Waals surface area contributed by atoms with E-state index in [2.05, 4.69) is 15.9 Å². The van der Waals surface area contributed by atoms with Gasteiger partial charge in [-0.15, -0.1) is 0 Å². The lowest BCUT2D eigenvalue weighted by Crippen LogP contribution is -2.36. The summed E-state index contributed by atoms with van der Waals surface area (Å²) in [5, 5.41) is 0. The maximum Gasteiger partial charge on any atom is 0.326 e. The minimum absolute atomic E-state index is 0.0259. The fourth-order valence-corrected chi connectivity index (χ4v) is 2.67. The molecule has 1 aliphatic heterocycles. The van der Waals surface area contributed by atoms with Crippen molar-refractivity contribution in [2.45, 2.75) is 0 Å². The number of amides is 2. The average Bonchev–Trinajstić information content (AvgIpc) is 2.86. The van der Waals surface area contributed by atoms with Crippen LogP contribution in [-0.4, -0.2) is 42.4 Å². The summed E-state index contributed by atoms with van der Waals surface area (Å²) in [6.07, 6.45) is 0. The molecule has 1 heterocycles. The minimum Gasteiger partial charge on any atom is -0.490 e. The zero-order valence-electron chi connectivity index (χ0n) is 13.1. The van der Waals surface area contributed by atoms with E-state index in [0.717, 1.165) is 9.37 Å². The lowest BCUT2D eigenvalue weighted by Gasteiger charge is -2.13. The second kappa shape index (κ2) is 7.48. The fourth-order valence-electron chi connectivity index (χ4n) is 2.40. The molecular weight excluding hydrogens is 390 g/mol. The van der Waals surface area contributed by atoms with E-state index in [1.807, 2.05) is 12.1 Å². The molecule has 2 amide bonds. The number of carbonyl (C=O) groups excluding carboxylic acids is 3. The molecule has 25 heavy (non-hydrogen) atoms. The summed E-state index contributed by atoms with van der Waals surface area (Å²) in [5.74, 6) is -0.971. The van der Waals surface area contributed by atoms with Crippen LogP contribution in [0.25, 0.3) is 0 Å². The van der Waals surface area contributed by atoms with Gasteiger partial charge in [-0.25, -0.2) is 0 Å². The van der Waals surface area contributed by atoms with Gasteiger partial charge in [0.25, 0.3) is 11.8 Å². The molecule has 0 spiro atoms. The molecule has 0 fully saturated rings. The maximum absolute atomic E-state index is 12.2. The van der Waals surface area contributed by atoms with Gasteiger partial charge in [-0.2, -0.15) is 0 Å². The number of halogens is 1. The van der Waals surface area contributed by atoms with Crippen molar-refractivity contribution in [3.63, 3.8) is 0 Å². The summed E-state index contributed by atoms with van der Waals surface area (Å²) < 4.78 is 11.4. The van der Waals surface area contributed by atoms with Crippen LogP contribution in [0.1, 0.15) is 20.7 Å². The second-order valence-corrected chi connectivity index (χ2v) is 6.18. The highest BCUT2D eigenvalue weighted by molar-refractivity contribution is 9.10. The van der Waals surface area contributed by atoms with Crippen LogP contribution in [0, 0.1) is 0 Å². The van der Waals surface area contributed by atoms with Crippen molar-refractivity contribution in [2.24, 2.45) is 0 Å². The normalized spacial score (nSPS) is 12.9. The molecule has 0 unspecified atom stereocenters. The number of ether oxygens (including phenoxy) is 2. The molecule has 0 N–H and O–H groups in total. The Morgan fingerprint density at radius 3 is 2.12 bits per heavy atom.